The van der Waals surface area contributed by atoms with Crippen LogP contribution in [0.15, 0.2) is 30.5 Å². The molecule has 0 atom stereocenters. The molecule has 3 rings (SSSR count). The van der Waals surface area contributed by atoms with Gasteiger partial charge in [0.1, 0.15) is 5.15 Å². The number of anilines is 1. The Morgan fingerprint density at radius 2 is 2.08 bits per heavy atom. The molecule has 0 saturated heterocycles. The average molecular weight is 348 g/mol. The van der Waals surface area contributed by atoms with Gasteiger partial charge >= 0.3 is 0 Å². The lowest BCUT2D eigenvalue weighted by atomic mass is 9.83. The molecule has 0 aromatic carbocycles. The van der Waals surface area contributed by atoms with Gasteiger partial charge in [0.2, 0.25) is 0 Å². The number of nitrogens with zero attached hydrogens (tertiary/aromatic N) is 2. The standard InChI is InChI=1S/C18H22ClN3O2/c1-18(24)7-5-12(6-8-18)21-16-9-17(19)20-10-14(16)15-4-2-3-13(11-23)22-15/h2-4,9-10,12,23-24H,5-8,11H2,1H3,(H,20,21). The second-order valence-corrected chi connectivity index (χ2v) is 7.03. The van der Waals surface area contributed by atoms with E-state index in [1.54, 1.807) is 18.3 Å². The molecule has 1 aliphatic carbocycles. The van der Waals surface area contributed by atoms with Gasteiger partial charge in [-0.05, 0) is 50.8 Å². The minimum atomic E-state index is -0.562. The lowest BCUT2D eigenvalue weighted by Crippen LogP contribution is -2.35. The quantitative estimate of drug-likeness (QED) is 0.739. The summed E-state index contributed by atoms with van der Waals surface area (Å²) in [5, 5.41) is 23.3. The Morgan fingerprint density at radius 3 is 2.79 bits per heavy atom. The van der Waals surface area contributed by atoms with Gasteiger partial charge in [0.15, 0.2) is 0 Å². The highest BCUT2D eigenvalue weighted by atomic mass is 35.5. The maximum absolute atomic E-state index is 10.1. The second kappa shape index (κ2) is 7.05. The van der Waals surface area contributed by atoms with E-state index in [0.717, 1.165) is 42.6 Å². The summed E-state index contributed by atoms with van der Waals surface area (Å²) >= 11 is 6.07. The molecule has 2 aromatic heterocycles. The van der Waals surface area contributed by atoms with Crippen molar-refractivity contribution >= 4 is 17.3 Å². The van der Waals surface area contributed by atoms with Crippen molar-refractivity contribution in [1.82, 2.24) is 9.97 Å². The summed E-state index contributed by atoms with van der Waals surface area (Å²) < 4.78 is 0. The molecule has 3 N–H and O–H groups in total. The van der Waals surface area contributed by atoms with Gasteiger partial charge in [-0.15, -0.1) is 0 Å². The van der Waals surface area contributed by atoms with Crippen LogP contribution in [-0.2, 0) is 6.61 Å². The van der Waals surface area contributed by atoms with Crippen LogP contribution in [0.2, 0.25) is 5.15 Å². The summed E-state index contributed by atoms with van der Waals surface area (Å²) in [6, 6.07) is 7.62. The monoisotopic (exact) mass is 347 g/mol. The molecule has 0 spiro atoms. The van der Waals surface area contributed by atoms with Crippen LogP contribution in [0.5, 0.6) is 0 Å². The van der Waals surface area contributed by atoms with Crippen molar-refractivity contribution in [3.8, 4) is 11.3 Å². The molecule has 1 aliphatic rings. The Labute approximate surface area is 146 Å². The van der Waals surface area contributed by atoms with E-state index < -0.39 is 5.60 Å². The van der Waals surface area contributed by atoms with E-state index in [9.17, 15) is 10.2 Å². The number of aliphatic hydroxyl groups is 2. The molecule has 1 saturated carbocycles. The van der Waals surface area contributed by atoms with Gasteiger partial charge < -0.3 is 15.5 Å². The predicted molar refractivity (Wildman–Crippen MR) is 94.9 cm³/mol. The van der Waals surface area contributed by atoms with Gasteiger partial charge in [0.05, 0.1) is 23.6 Å². The number of pyridine rings is 2. The van der Waals surface area contributed by atoms with Gasteiger partial charge in [-0.3, -0.25) is 4.98 Å². The van der Waals surface area contributed by atoms with Gasteiger partial charge in [-0.1, -0.05) is 17.7 Å². The maximum Gasteiger partial charge on any atom is 0.131 e. The highest BCUT2D eigenvalue weighted by Crippen LogP contribution is 2.33. The summed E-state index contributed by atoms with van der Waals surface area (Å²) in [5.74, 6) is 0. The molecule has 0 bridgehead atoms. The highest BCUT2D eigenvalue weighted by Gasteiger charge is 2.29. The Balaban J connectivity index is 1.86. The van der Waals surface area contributed by atoms with Crippen LogP contribution < -0.4 is 5.32 Å². The summed E-state index contributed by atoms with van der Waals surface area (Å²) in [7, 11) is 0. The lowest BCUT2D eigenvalue weighted by molar-refractivity contribution is 0.0196. The SMILES string of the molecule is CC1(O)CCC(Nc2cc(Cl)ncc2-c2cccc(CO)n2)CC1. The van der Waals surface area contributed by atoms with Crippen molar-refractivity contribution in [3.63, 3.8) is 0 Å². The topological polar surface area (TPSA) is 78.3 Å². The van der Waals surface area contributed by atoms with E-state index in [0.29, 0.717) is 10.8 Å². The molecular weight excluding hydrogens is 326 g/mol. The molecule has 1 fully saturated rings. The number of rotatable bonds is 4. The first-order valence-corrected chi connectivity index (χ1v) is 8.56. The van der Waals surface area contributed by atoms with E-state index in [1.807, 2.05) is 19.1 Å². The fourth-order valence-electron chi connectivity index (χ4n) is 3.08. The third-order valence-electron chi connectivity index (χ3n) is 4.54. The Morgan fingerprint density at radius 1 is 1.33 bits per heavy atom. The normalized spacial score (nSPS) is 23.9. The van der Waals surface area contributed by atoms with E-state index >= 15 is 0 Å². The van der Waals surface area contributed by atoms with Crippen molar-refractivity contribution < 1.29 is 10.2 Å². The fraction of sp³-hybridized carbons (Fsp3) is 0.444. The number of aromatic nitrogens is 2. The minimum absolute atomic E-state index is 0.102. The summed E-state index contributed by atoms with van der Waals surface area (Å²) in [5.41, 5.74) is 2.53. The largest absolute Gasteiger partial charge is 0.390 e. The smallest absolute Gasteiger partial charge is 0.131 e. The average Bonchev–Trinajstić information content (AvgIpc) is 2.57. The zero-order chi connectivity index (χ0) is 17.2. The summed E-state index contributed by atoms with van der Waals surface area (Å²) in [6.45, 7) is 1.79. The van der Waals surface area contributed by atoms with Crippen molar-refractivity contribution in [3.05, 3.63) is 41.3 Å². The van der Waals surface area contributed by atoms with Crippen LogP contribution in [0.25, 0.3) is 11.3 Å². The Bertz CT molecular complexity index is 711. The van der Waals surface area contributed by atoms with Crippen LogP contribution in [0, 0.1) is 0 Å². The zero-order valence-electron chi connectivity index (χ0n) is 13.7. The minimum Gasteiger partial charge on any atom is -0.390 e. The molecule has 0 aliphatic heterocycles. The number of aliphatic hydroxyl groups excluding tert-OH is 1. The zero-order valence-corrected chi connectivity index (χ0v) is 14.4. The Hall–Kier alpha value is -1.69. The van der Waals surface area contributed by atoms with Crippen molar-refractivity contribution in [2.75, 3.05) is 5.32 Å². The number of hydrogen-bond acceptors (Lipinski definition) is 5. The van der Waals surface area contributed by atoms with E-state index in [4.69, 9.17) is 11.6 Å². The number of hydrogen-bond donors (Lipinski definition) is 3. The molecule has 2 aromatic rings. The maximum atomic E-state index is 10.1. The molecular formula is C18H22ClN3O2. The molecule has 6 heteroatoms. The summed E-state index contributed by atoms with van der Waals surface area (Å²) in [6.07, 6.45) is 5.05. The van der Waals surface area contributed by atoms with Gasteiger partial charge in [-0.2, -0.15) is 0 Å². The van der Waals surface area contributed by atoms with Crippen LogP contribution in [0.4, 0.5) is 5.69 Å². The Kier molecular flexibility index (Phi) is 5.04. The van der Waals surface area contributed by atoms with Crippen LogP contribution in [-0.4, -0.2) is 31.8 Å². The first-order valence-electron chi connectivity index (χ1n) is 8.18. The van der Waals surface area contributed by atoms with E-state index in [-0.39, 0.29) is 12.6 Å². The lowest BCUT2D eigenvalue weighted by Gasteiger charge is -2.34. The molecule has 128 valence electrons. The number of halogens is 1. The van der Waals surface area contributed by atoms with Crippen LogP contribution in [0.3, 0.4) is 0 Å². The molecule has 5 nitrogen and oxygen atoms in total. The molecule has 2 heterocycles. The van der Waals surface area contributed by atoms with E-state index in [1.165, 1.54) is 0 Å². The molecule has 0 amide bonds. The van der Waals surface area contributed by atoms with Gasteiger partial charge in [-0.25, -0.2) is 4.98 Å². The highest BCUT2D eigenvalue weighted by molar-refractivity contribution is 6.29. The molecule has 24 heavy (non-hydrogen) atoms. The number of nitrogens with one attached hydrogen (secondary N) is 1. The first-order chi connectivity index (χ1) is 11.5. The van der Waals surface area contributed by atoms with Crippen LogP contribution in [0.1, 0.15) is 38.3 Å². The molecule has 0 radical (unpaired) electrons. The molecule has 0 unspecified atom stereocenters. The van der Waals surface area contributed by atoms with E-state index in [2.05, 4.69) is 15.3 Å². The van der Waals surface area contributed by atoms with Gasteiger partial charge in [0.25, 0.3) is 0 Å². The van der Waals surface area contributed by atoms with Crippen LogP contribution >= 0.6 is 11.6 Å². The third-order valence-corrected chi connectivity index (χ3v) is 4.74. The first kappa shape index (κ1) is 17.1. The van der Waals surface area contributed by atoms with Crippen molar-refractivity contribution in [2.45, 2.75) is 50.9 Å². The second-order valence-electron chi connectivity index (χ2n) is 6.64. The van der Waals surface area contributed by atoms with Gasteiger partial charge in [0, 0.05) is 23.5 Å². The van der Waals surface area contributed by atoms with Crippen molar-refractivity contribution in [1.29, 1.82) is 0 Å². The predicted octanol–water partition coefficient (Wildman–Crippen LogP) is 3.39. The third kappa shape index (κ3) is 4.04. The summed E-state index contributed by atoms with van der Waals surface area (Å²) in [4.78, 5) is 8.63. The fourth-order valence-corrected chi connectivity index (χ4v) is 3.23. The van der Waals surface area contributed by atoms with Crippen molar-refractivity contribution in [2.24, 2.45) is 0 Å².